The number of hydrogen-bond donors (Lipinski definition) is 1. The highest BCUT2D eigenvalue weighted by Crippen LogP contribution is 2.41. The van der Waals surface area contributed by atoms with Gasteiger partial charge in [0.2, 0.25) is 6.79 Å². The maximum atomic E-state index is 9.99. The first-order chi connectivity index (χ1) is 7.58. The number of aliphatic hydroxyl groups excluding tert-OH is 1. The number of fused-ring (bicyclic) bond motifs is 1. The van der Waals surface area contributed by atoms with Gasteiger partial charge in [-0.3, -0.25) is 0 Å². The van der Waals surface area contributed by atoms with Gasteiger partial charge < -0.3 is 14.6 Å². The fraction of sp³-hybridized carbons (Fsp3) is 0.500. The fourth-order valence-corrected chi connectivity index (χ4v) is 2.04. The molecule has 0 aromatic heterocycles. The number of rotatable bonds is 3. The molecule has 0 saturated carbocycles. The Morgan fingerprint density at radius 3 is 2.81 bits per heavy atom. The van der Waals surface area contributed by atoms with E-state index in [4.69, 9.17) is 21.1 Å². The Bertz CT molecular complexity index is 390. The lowest BCUT2D eigenvalue weighted by Crippen LogP contribution is -2.01. The molecule has 0 bridgehead atoms. The molecule has 3 nitrogen and oxygen atoms in total. The average Bonchev–Trinajstić information content (AvgIpc) is 2.64. The molecule has 0 saturated heterocycles. The summed E-state index contributed by atoms with van der Waals surface area (Å²) in [5, 5.41) is 10.5. The second-order valence-corrected chi connectivity index (χ2v) is 4.79. The van der Waals surface area contributed by atoms with Gasteiger partial charge in [0.25, 0.3) is 0 Å². The van der Waals surface area contributed by atoms with Crippen LogP contribution in [0, 0.1) is 5.92 Å². The van der Waals surface area contributed by atoms with Crippen molar-refractivity contribution in [3.05, 3.63) is 22.7 Å². The highest BCUT2D eigenvalue weighted by molar-refractivity contribution is 6.32. The van der Waals surface area contributed by atoms with Crippen molar-refractivity contribution in [3.63, 3.8) is 0 Å². The Morgan fingerprint density at radius 1 is 1.38 bits per heavy atom. The number of ether oxygens (including phenoxy) is 2. The summed E-state index contributed by atoms with van der Waals surface area (Å²) in [5.74, 6) is 1.62. The van der Waals surface area contributed by atoms with Gasteiger partial charge in [0, 0.05) is 0 Å². The van der Waals surface area contributed by atoms with Crippen LogP contribution in [-0.4, -0.2) is 11.9 Å². The van der Waals surface area contributed by atoms with Crippen LogP contribution >= 0.6 is 11.6 Å². The molecule has 0 amide bonds. The first kappa shape index (κ1) is 11.6. The van der Waals surface area contributed by atoms with Gasteiger partial charge in [-0.1, -0.05) is 25.4 Å². The van der Waals surface area contributed by atoms with Gasteiger partial charge in [-0.15, -0.1) is 0 Å². The second kappa shape index (κ2) is 4.52. The molecule has 1 aliphatic heterocycles. The molecule has 16 heavy (non-hydrogen) atoms. The topological polar surface area (TPSA) is 38.7 Å². The molecule has 1 unspecified atom stereocenters. The summed E-state index contributed by atoms with van der Waals surface area (Å²) in [6.45, 7) is 4.33. The van der Waals surface area contributed by atoms with E-state index in [9.17, 15) is 5.11 Å². The lowest BCUT2D eigenvalue weighted by atomic mass is 9.99. The standard InChI is InChI=1S/C12H15ClO3/c1-7(2)3-10(14)8-4-9(13)12-11(5-8)15-6-16-12/h4-5,7,10,14H,3,6H2,1-2H3. The lowest BCUT2D eigenvalue weighted by molar-refractivity contribution is 0.150. The Labute approximate surface area is 99.9 Å². The van der Waals surface area contributed by atoms with Crippen molar-refractivity contribution >= 4 is 11.6 Å². The molecule has 2 rings (SSSR count). The van der Waals surface area contributed by atoms with E-state index >= 15 is 0 Å². The van der Waals surface area contributed by atoms with Gasteiger partial charge >= 0.3 is 0 Å². The predicted octanol–water partition coefficient (Wildman–Crippen LogP) is 3.15. The zero-order chi connectivity index (χ0) is 11.7. The van der Waals surface area contributed by atoms with Crippen molar-refractivity contribution in [1.29, 1.82) is 0 Å². The van der Waals surface area contributed by atoms with E-state index in [-0.39, 0.29) is 6.79 Å². The minimum absolute atomic E-state index is 0.193. The van der Waals surface area contributed by atoms with E-state index in [2.05, 4.69) is 13.8 Å². The van der Waals surface area contributed by atoms with Crippen LogP contribution in [-0.2, 0) is 0 Å². The van der Waals surface area contributed by atoms with E-state index in [1.54, 1.807) is 12.1 Å². The molecule has 1 atom stereocenters. The number of halogens is 1. The molecule has 0 radical (unpaired) electrons. The van der Waals surface area contributed by atoms with Crippen LogP contribution in [0.3, 0.4) is 0 Å². The summed E-state index contributed by atoms with van der Waals surface area (Å²) in [5.41, 5.74) is 0.781. The molecule has 88 valence electrons. The Morgan fingerprint density at radius 2 is 2.12 bits per heavy atom. The van der Waals surface area contributed by atoms with Gasteiger partial charge in [-0.25, -0.2) is 0 Å². The minimum atomic E-state index is -0.507. The minimum Gasteiger partial charge on any atom is -0.454 e. The first-order valence-corrected chi connectivity index (χ1v) is 5.73. The Balaban J connectivity index is 2.26. The molecule has 1 aliphatic rings. The van der Waals surface area contributed by atoms with E-state index in [1.807, 2.05) is 0 Å². The maximum Gasteiger partial charge on any atom is 0.231 e. The molecular formula is C12H15ClO3. The van der Waals surface area contributed by atoms with Crippen molar-refractivity contribution in [3.8, 4) is 11.5 Å². The second-order valence-electron chi connectivity index (χ2n) is 4.38. The van der Waals surface area contributed by atoms with Crippen LogP contribution in [0.25, 0.3) is 0 Å². The summed E-state index contributed by atoms with van der Waals surface area (Å²) in [7, 11) is 0. The van der Waals surface area contributed by atoms with Crippen LogP contribution in [0.2, 0.25) is 5.02 Å². The third-order valence-corrected chi connectivity index (χ3v) is 2.81. The van der Waals surface area contributed by atoms with Crippen LogP contribution in [0.5, 0.6) is 11.5 Å². The summed E-state index contributed by atoms with van der Waals surface area (Å²) in [6.07, 6.45) is 0.197. The van der Waals surface area contributed by atoms with Crippen molar-refractivity contribution in [2.45, 2.75) is 26.4 Å². The molecule has 1 aromatic carbocycles. The molecule has 0 fully saturated rings. The van der Waals surface area contributed by atoms with Gasteiger partial charge in [0.15, 0.2) is 11.5 Å². The smallest absolute Gasteiger partial charge is 0.231 e. The van der Waals surface area contributed by atoms with Crippen molar-refractivity contribution in [1.82, 2.24) is 0 Å². The van der Waals surface area contributed by atoms with Crippen LogP contribution in [0.15, 0.2) is 12.1 Å². The third-order valence-electron chi connectivity index (χ3n) is 2.53. The van der Waals surface area contributed by atoms with Crippen LogP contribution < -0.4 is 9.47 Å². The average molecular weight is 243 g/mol. The predicted molar refractivity (Wildman–Crippen MR) is 62.0 cm³/mol. The van der Waals surface area contributed by atoms with Crippen LogP contribution in [0.1, 0.15) is 31.9 Å². The number of hydrogen-bond acceptors (Lipinski definition) is 3. The van der Waals surface area contributed by atoms with Crippen molar-refractivity contribution in [2.24, 2.45) is 5.92 Å². The monoisotopic (exact) mass is 242 g/mol. The molecular weight excluding hydrogens is 228 g/mol. The van der Waals surface area contributed by atoms with Gasteiger partial charge in [-0.2, -0.15) is 0 Å². The molecule has 1 aromatic rings. The largest absolute Gasteiger partial charge is 0.454 e. The first-order valence-electron chi connectivity index (χ1n) is 5.35. The zero-order valence-corrected chi connectivity index (χ0v) is 10.1. The highest BCUT2D eigenvalue weighted by Gasteiger charge is 2.21. The quantitative estimate of drug-likeness (QED) is 0.885. The van der Waals surface area contributed by atoms with E-state index < -0.39 is 6.10 Å². The fourth-order valence-electron chi connectivity index (χ4n) is 1.76. The third kappa shape index (κ3) is 2.25. The number of aliphatic hydroxyl groups is 1. The zero-order valence-electron chi connectivity index (χ0n) is 9.37. The highest BCUT2D eigenvalue weighted by atomic mass is 35.5. The molecule has 1 heterocycles. The summed E-state index contributed by atoms with van der Waals surface area (Å²) < 4.78 is 10.5. The summed E-state index contributed by atoms with van der Waals surface area (Å²) in [6, 6.07) is 3.53. The van der Waals surface area contributed by atoms with E-state index in [0.717, 1.165) is 5.56 Å². The molecule has 4 heteroatoms. The Hall–Kier alpha value is -0.930. The lowest BCUT2D eigenvalue weighted by Gasteiger charge is -2.14. The SMILES string of the molecule is CC(C)CC(O)c1cc(Cl)c2c(c1)OCO2. The molecule has 1 N–H and O–H groups in total. The van der Waals surface area contributed by atoms with Crippen molar-refractivity contribution < 1.29 is 14.6 Å². The Kier molecular flexibility index (Phi) is 3.26. The normalized spacial score (nSPS) is 15.6. The van der Waals surface area contributed by atoms with Gasteiger partial charge in [0.05, 0.1) is 11.1 Å². The van der Waals surface area contributed by atoms with Crippen molar-refractivity contribution in [2.75, 3.05) is 6.79 Å². The van der Waals surface area contributed by atoms with Gasteiger partial charge in [0.1, 0.15) is 0 Å². The van der Waals surface area contributed by atoms with Crippen LogP contribution in [0.4, 0.5) is 0 Å². The maximum absolute atomic E-state index is 9.99. The van der Waals surface area contributed by atoms with E-state index in [0.29, 0.717) is 28.9 Å². The summed E-state index contributed by atoms with van der Waals surface area (Å²) >= 11 is 6.04. The molecule has 0 aliphatic carbocycles. The summed E-state index contributed by atoms with van der Waals surface area (Å²) in [4.78, 5) is 0. The van der Waals surface area contributed by atoms with Gasteiger partial charge in [-0.05, 0) is 30.0 Å². The molecule has 0 spiro atoms. The number of benzene rings is 1. The van der Waals surface area contributed by atoms with E-state index in [1.165, 1.54) is 0 Å².